The maximum Gasteiger partial charge on any atom is 0.573 e. The van der Waals surface area contributed by atoms with Gasteiger partial charge >= 0.3 is 6.36 Å². The largest absolute Gasteiger partial charge is 0.573 e. The van der Waals surface area contributed by atoms with E-state index in [1.54, 1.807) is 0 Å². The molecule has 1 amide bonds. The molecule has 1 N–H and O–H groups in total. The molecule has 1 fully saturated rings. The lowest BCUT2D eigenvalue weighted by molar-refractivity contribution is -0.274. The van der Waals surface area contributed by atoms with Crippen LogP contribution in [0, 0.1) is 0 Å². The standard InChI is InChI=1S/C17H23F3N2O2.ClH/c1-2-11-22(14-7-9-21-10-8-14)16(23)12-13-3-5-15(6-4-13)24-17(18,19)20;/h3-6,14,21H,2,7-12H2,1H3;1H. The molecule has 1 aliphatic heterocycles. The molecule has 0 spiro atoms. The third-order valence-electron chi connectivity index (χ3n) is 4.05. The van der Waals surface area contributed by atoms with Crippen molar-refractivity contribution >= 4 is 18.3 Å². The van der Waals surface area contributed by atoms with Gasteiger partial charge in [0.05, 0.1) is 6.42 Å². The molecule has 25 heavy (non-hydrogen) atoms. The Morgan fingerprint density at radius 2 is 1.84 bits per heavy atom. The SMILES string of the molecule is CCCN(C(=O)Cc1ccc(OC(F)(F)F)cc1)C1CCNCC1.Cl. The molecule has 0 saturated carbocycles. The quantitative estimate of drug-likeness (QED) is 0.820. The number of carbonyl (C=O) groups is 1. The minimum absolute atomic E-state index is 0. The Hall–Kier alpha value is -1.47. The molecule has 0 unspecified atom stereocenters. The van der Waals surface area contributed by atoms with Gasteiger partial charge in [-0.25, -0.2) is 0 Å². The van der Waals surface area contributed by atoms with Crippen molar-refractivity contribution in [3.05, 3.63) is 29.8 Å². The Balaban J connectivity index is 0.00000312. The molecule has 0 atom stereocenters. The average Bonchev–Trinajstić information content (AvgIpc) is 2.54. The first-order chi connectivity index (χ1) is 11.4. The predicted molar refractivity (Wildman–Crippen MR) is 92.0 cm³/mol. The molecule has 0 radical (unpaired) electrons. The molecule has 0 bridgehead atoms. The van der Waals surface area contributed by atoms with Gasteiger partial charge in [0, 0.05) is 12.6 Å². The average molecular weight is 381 g/mol. The van der Waals surface area contributed by atoms with Crippen LogP contribution in [0.4, 0.5) is 13.2 Å². The number of ether oxygens (including phenoxy) is 1. The minimum Gasteiger partial charge on any atom is -0.406 e. The molecule has 1 saturated heterocycles. The van der Waals surface area contributed by atoms with Crippen LogP contribution in [0.25, 0.3) is 0 Å². The second-order valence-corrected chi connectivity index (χ2v) is 5.94. The van der Waals surface area contributed by atoms with Gasteiger partial charge in [-0.2, -0.15) is 0 Å². The van der Waals surface area contributed by atoms with E-state index in [0.29, 0.717) is 12.1 Å². The summed E-state index contributed by atoms with van der Waals surface area (Å²) in [5, 5.41) is 3.28. The molecule has 2 rings (SSSR count). The molecule has 1 heterocycles. The summed E-state index contributed by atoms with van der Waals surface area (Å²) in [5.41, 5.74) is 0.685. The van der Waals surface area contributed by atoms with E-state index in [0.717, 1.165) is 32.4 Å². The monoisotopic (exact) mass is 380 g/mol. The number of hydrogen-bond donors (Lipinski definition) is 1. The lowest BCUT2D eigenvalue weighted by Gasteiger charge is -2.34. The number of benzene rings is 1. The first-order valence-electron chi connectivity index (χ1n) is 8.24. The van der Waals surface area contributed by atoms with Gasteiger partial charge in [-0.1, -0.05) is 19.1 Å². The fourth-order valence-electron chi connectivity index (χ4n) is 2.96. The van der Waals surface area contributed by atoms with Crippen LogP contribution in [-0.4, -0.2) is 42.8 Å². The maximum absolute atomic E-state index is 12.6. The van der Waals surface area contributed by atoms with Crippen molar-refractivity contribution in [3.8, 4) is 5.75 Å². The zero-order chi connectivity index (χ0) is 17.6. The summed E-state index contributed by atoms with van der Waals surface area (Å²) in [7, 11) is 0. The molecule has 8 heteroatoms. The Morgan fingerprint density at radius 1 is 1.24 bits per heavy atom. The lowest BCUT2D eigenvalue weighted by Crippen LogP contribution is -2.47. The number of amides is 1. The predicted octanol–water partition coefficient (Wildman–Crippen LogP) is 3.54. The van der Waals surface area contributed by atoms with E-state index in [2.05, 4.69) is 10.1 Å². The molecule has 0 aliphatic carbocycles. The highest BCUT2D eigenvalue weighted by atomic mass is 35.5. The van der Waals surface area contributed by atoms with Crippen LogP contribution in [0.15, 0.2) is 24.3 Å². The van der Waals surface area contributed by atoms with Gasteiger partial charge in [0.1, 0.15) is 5.75 Å². The summed E-state index contributed by atoms with van der Waals surface area (Å²) in [6, 6.07) is 5.73. The van der Waals surface area contributed by atoms with E-state index in [1.165, 1.54) is 24.3 Å². The van der Waals surface area contributed by atoms with Crippen LogP contribution < -0.4 is 10.1 Å². The first kappa shape index (κ1) is 21.6. The third kappa shape index (κ3) is 7.12. The number of nitrogens with zero attached hydrogens (tertiary/aromatic N) is 1. The minimum atomic E-state index is -4.70. The van der Waals surface area contributed by atoms with Gasteiger partial charge in [0.25, 0.3) is 0 Å². The molecule has 0 aromatic heterocycles. The summed E-state index contributed by atoms with van der Waals surface area (Å²) in [6.45, 7) is 4.55. The molecular formula is C17H24ClF3N2O2. The number of nitrogens with one attached hydrogen (secondary N) is 1. The number of piperidine rings is 1. The highest BCUT2D eigenvalue weighted by Crippen LogP contribution is 2.23. The van der Waals surface area contributed by atoms with E-state index in [4.69, 9.17) is 0 Å². The molecule has 142 valence electrons. The van der Waals surface area contributed by atoms with E-state index in [9.17, 15) is 18.0 Å². The number of alkyl halides is 3. The summed E-state index contributed by atoms with van der Waals surface area (Å²) >= 11 is 0. The van der Waals surface area contributed by atoms with Gasteiger partial charge in [0.15, 0.2) is 0 Å². The zero-order valence-electron chi connectivity index (χ0n) is 14.1. The second kappa shape index (κ2) is 9.87. The Morgan fingerprint density at radius 3 is 2.36 bits per heavy atom. The first-order valence-corrected chi connectivity index (χ1v) is 8.24. The second-order valence-electron chi connectivity index (χ2n) is 5.94. The number of halogens is 4. The Bertz CT molecular complexity index is 532. The molecule has 1 aromatic carbocycles. The summed E-state index contributed by atoms with van der Waals surface area (Å²) in [5.74, 6) is -0.254. The highest BCUT2D eigenvalue weighted by Gasteiger charge is 2.31. The van der Waals surface area contributed by atoms with Crippen LogP contribution in [0.3, 0.4) is 0 Å². The van der Waals surface area contributed by atoms with Crippen LogP contribution in [-0.2, 0) is 11.2 Å². The van der Waals surface area contributed by atoms with Gasteiger partial charge in [-0.05, 0) is 50.0 Å². The Labute approximate surface area is 152 Å². The third-order valence-corrected chi connectivity index (χ3v) is 4.05. The zero-order valence-corrected chi connectivity index (χ0v) is 15.0. The molecular weight excluding hydrogens is 357 g/mol. The van der Waals surface area contributed by atoms with E-state index in [1.807, 2.05) is 11.8 Å². The van der Waals surface area contributed by atoms with Gasteiger partial charge in [-0.15, -0.1) is 25.6 Å². The van der Waals surface area contributed by atoms with Crippen LogP contribution >= 0.6 is 12.4 Å². The van der Waals surface area contributed by atoms with Crippen molar-refractivity contribution in [2.24, 2.45) is 0 Å². The smallest absolute Gasteiger partial charge is 0.406 e. The van der Waals surface area contributed by atoms with E-state index < -0.39 is 6.36 Å². The molecule has 4 nitrogen and oxygen atoms in total. The summed E-state index contributed by atoms with van der Waals surface area (Å²) in [6.07, 6.45) is -1.76. The Kier molecular flexibility index (Phi) is 8.52. The fraction of sp³-hybridized carbons (Fsp3) is 0.588. The van der Waals surface area contributed by atoms with Crippen molar-refractivity contribution in [2.75, 3.05) is 19.6 Å². The van der Waals surface area contributed by atoms with Gasteiger partial charge < -0.3 is 15.0 Å². The van der Waals surface area contributed by atoms with E-state index in [-0.39, 0.29) is 36.5 Å². The van der Waals surface area contributed by atoms with Crippen LogP contribution in [0.5, 0.6) is 5.75 Å². The number of carbonyl (C=O) groups excluding carboxylic acids is 1. The van der Waals surface area contributed by atoms with Gasteiger partial charge in [0.2, 0.25) is 5.91 Å². The van der Waals surface area contributed by atoms with E-state index >= 15 is 0 Å². The fourth-order valence-corrected chi connectivity index (χ4v) is 2.96. The molecule has 1 aliphatic rings. The van der Waals surface area contributed by atoms with Crippen molar-refractivity contribution in [2.45, 2.75) is 45.0 Å². The van der Waals surface area contributed by atoms with Crippen LogP contribution in [0.2, 0.25) is 0 Å². The number of rotatable bonds is 6. The topological polar surface area (TPSA) is 41.6 Å². The maximum atomic E-state index is 12.6. The van der Waals surface area contributed by atoms with Gasteiger partial charge in [-0.3, -0.25) is 4.79 Å². The summed E-state index contributed by atoms with van der Waals surface area (Å²) < 4.78 is 40.3. The van der Waals surface area contributed by atoms with Crippen molar-refractivity contribution in [1.82, 2.24) is 10.2 Å². The highest BCUT2D eigenvalue weighted by molar-refractivity contribution is 5.85. The van der Waals surface area contributed by atoms with Crippen molar-refractivity contribution in [3.63, 3.8) is 0 Å². The number of hydrogen-bond acceptors (Lipinski definition) is 3. The molecule has 1 aromatic rings. The normalized spacial score (nSPS) is 15.4. The summed E-state index contributed by atoms with van der Waals surface area (Å²) in [4.78, 5) is 14.5. The van der Waals surface area contributed by atoms with Crippen molar-refractivity contribution in [1.29, 1.82) is 0 Å². The lowest BCUT2D eigenvalue weighted by atomic mass is 10.0. The van der Waals surface area contributed by atoms with Crippen LogP contribution in [0.1, 0.15) is 31.7 Å². The van der Waals surface area contributed by atoms with Crippen molar-refractivity contribution < 1.29 is 22.7 Å².